The fourth-order valence-electron chi connectivity index (χ4n) is 3.02. The monoisotopic (exact) mass is 502 g/mol. The van der Waals surface area contributed by atoms with Gasteiger partial charge in [-0.3, -0.25) is 24.0 Å². The van der Waals surface area contributed by atoms with E-state index in [4.69, 9.17) is 22.3 Å². The van der Waals surface area contributed by atoms with Gasteiger partial charge in [0, 0.05) is 6.42 Å². The quantitative estimate of drug-likeness (QED) is 0.0935. The molecule has 0 saturated carbocycles. The van der Waals surface area contributed by atoms with Crippen LogP contribution in [0.4, 0.5) is 0 Å². The lowest BCUT2D eigenvalue weighted by atomic mass is 9.98. The number of primary amides is 1. The number of carboxylic acid groups (broad SMARTS) is 2. The van der Waals surface area contributed by atoms with Crippen LogP contribution in [0.2, 0.25) is 0 Å². The molecular weight excluding hydrogens is 464 g/mol. The van der Waals surface area contributed by atoms with E-state index in [9.17, 15) is 33.9 Å². The Morgan fingerprint density at radius 1 is 0.829 bits per heavy atom. The van der Waals surface area contributed by atoms with Gasteiger partial charge in [0.2, 0.25) is 23.6 Å². The van der Waals surface area contributed by atoms with E-state index in [2.05, 4.69) is 16.0 Å². The van der Waals surface area contributed by atoms with E-state index < -0.39 is 79.0 Å². The lowest BCUT2D eigenvalue weighted by Gasteiger charge is -2.25. The predicted molar refractivity (Wildman–Crippen MR) is 124 cm³/mol. The SMILES string of the molecule is CCC(C)C(N)C(=O)NC(CCCCN)C(=O)NC(CC(N)=O)C(=O)NC(CCC(=O)O)C(=O)O. The van der Waals surface area contributed by atoms with Gasteiger partial charge < -0.3 is 43.4 Å². The van der Waals surface area contributed by atoms with Crippen molar-refractivity contribution in [2.75, 3.05) is 6.54 Å². The van der Waals surface area contributed by atoms with Gasteiger partial charge in [-0.1, -0.05) is 20.3 Å². The number of hydrogen-bond acceptors (Lipinski definition) is 8. The van der Waals surface area contributed by atoms with Crippen molar-refractivity contribution in [1.82, 2.24) is 16.0 Å². The molecule has 14 nitrogen and oxygen atoms in total. The minimum absolute atomic E-state index is 0.158. The van der Waals surface area contributed by atoms with Gasteiger partial charge in [0.05, 0.1) is 12.5 Å². The predicted octanol–water partition coefficient (Wildman–Crippen LogP) is -2.23. The zero-order chi connectivity index (χ0) is 27.1. The molecule has 0 aliphatic carbocycles. The van der Waals surface area contributed by atoms with Crippen molar-refractivity contribution in [2.24, 2.45) is 23.1 Å². The Balaban J connectivity index is 5.57. The normalized spacial score (nSPS) is 15.1. The highest BCUT2D eigenvalue weighted by molar-refractivity contribution is 5.96. The van der Waals surface area contributed by atoms with Gasteiger partial charge in [0.15, 0.2) is 0 Å². The summed E-state index contributed by atoms with van der Waals surface area (Å²) >= 11 is 0. The summed E-state index contributed by atoms with van der Waals surface area (Å²) in [5.74, 6) is -6.28. The Hall–Kier alpha value is -3.26. The van der Waals surface area contributed by atoms with E-state index in [-0.39, 0.29) is 12.3 Å². The minimum atomic E-state index is -1.57. The van der Waals surface area contributed by atoms with Gasteiger partial charge in [-0.25, -0.2) is 4.79 Å². The molecule has 0 aliphatic heterocycles. The summed E-state index contributed by atoms with van der Waals surface area (Å²) in [5, 5.41) is 25.0. The number of hydrogen-bond donors (Lipinski definition) is 8. The van der Waals surface area contributed by atoms with Crippen LogP contribution in [0, 0.1) is 5.92 Å². The highest BCUT2D eigenvalue weighted by atomic mass is 16.4. The van der Waals surface area contributed by atoms with E-state index in [1.54, 1.807) is 6.92 Å². The molecule has 35 heavy (non-hydrogen) atoms. The molecule has 200 valence electrons. The Morgan fingerprint density at radius 3 is 1.86 bits per heavy atom. The number of nitrogens with two attached hydrogens (primary N) is 3. The fourth-order valence-corrected chi connectivity index (χ4v) is 3.02. The Labute approximate surface area is 203 Å². The molecular formula is C21H38N6O8. The molecule has 5 unspecified atom stereocenters. The van der Waals surface area contributed by atoms with E-state index in [0.717, 1.165) is 0 Å². The number of unbranched alkanes of at least 4 members (excludes halogenated alkanes) is 1. The van der Waals surface area contributed by atoms with Crippen LogP contribution < -0.4 is 33.2 Å². The second-order valence-corrected chi connectivity index (χ2v) is 8.32. The molecule has 0 radical (unpaired) electrons. The third-order valence-electron chi connectivity index (χ3n) is 5.44. The van der Waals surface area contributed by atoms with Gasteiger partial charge in [-0.2, -0.15) is 0 Å². The average Bonchev–Trinajstić information content (AvgIpc) is 2.78. The number of rotatable bonds is 18. The first kappa shape index (κ1) is 31.7. The molecule has 14 heteroatoms. The van der Waals surface area contributed by atoms with E-state index in [1.807, 2.05) is 6.92 Å². The summed E-state index contributed by atoms with van der Waals surface area (Å²) in [4.78, 5) is 71.7. The maximum atomic E-state index is 12.9. The summed E-state index contributed by atoms with van der Waals surface area (Å²) in [6.45, 7) is 4.00. The molecule has 5 atom stereocenters. The topological polar surface area (TPSA) is 257 Å². The summed E-state index contributed by atoms with van der Waals surface area (Å²) in [5.41, 5.74) is 16.6. The molecule has 0 bridgehead atoms. The van der Waals surface area contributed by atoms with Crippen LogP contribution in [0.15, 0.2) is 0 Å². The molecule has 0 aromatic heterocycles. The van der Waals surface area contributed by atoms with Gasteiger partial charge in [0.1, 0.15) is 18.1 Å². The van der Waals surface area contributed by atoms with Crippen molar-refractivity contribution in [3.8, 4) is 0 Å². The minimum Gasteiger partial charge on any atom is -0.481 e. The number of nitrogens with one attached hydrogen (secondary N) is 3. The van der Waals surface area contributed by atoms with Gasteiger partial charge in [0.25, 0.3) is 0 Å². The van der Waals surface area contributed by atoms with Crippen molar-refractivity contribution < 1.29 is 39.0 Å². The smallest absolute Gasteiger partial charge is 0.326 e. The molecule has 0 saturated heterocycles. The first-order valence-electron chi connectivity index (χ1n) is 11.4. The molecule has 0 spiro atoms. The number of carbonyl (C=O) groups is 6. The molecule has 0 aromatic carbocycles. The van der Waals surface area contributed by atoms with Gasteiger partial charge in [-0.05, 0) is 38.1 Å². The highest BCUT2D eigenvalue weighted by Gasteiger charge is 2.31. The van der Waals surface area contributed by atoms with Crippen molar-refractivity contribution in [2.45, 2.75) is 83.0 Å². The number of amides is 4. The fraction of sp³-hybridized carbons (Fsp3) is 0.714. The second-order valence-electron chi connectivity index (χ2n) is 8.32. The molecule has 0 heterocycles. The average molecular weight is 503 g/mol. The maximum absolute atomic E-state index is 12.9. The second kappa shape index (κ2) is 16.4. The molecule has 0 aromatic rings. The van der Waals surface area contributed by atoms with Crippen LogP contribution >= 0.6 is 0 Å². The zero-order valence-corrected chi connectivity index (χ0v) is 20.1. The lowest BCUT2D eigenvalue weighted by Crippen LogP contribution is -2.58. The summed E-state index contributed by atoms with van der Waals surface area (Å²) < 4.78 is 0. The van der Waals surface area contributed by atoms with Crippen LogP contribution in [0.25, 0.3) is 0 Å². The number of carbonyl (C=O) groups excluding carboxylic acids is 4. The van der Waals surface area contributed by atoms with E-state index >= 15 is 0 Å². The van der Waals surface area contributed by atoms with Crippen LogP contribution in [0.1, 0.15) is 58.8 Å². The van der Waals surface area contributed by atoms with Crippen LogP contribution in [-0.2, 0) is 28.8 Å². The molecule has 0 rings (SSSR count). The molecule has 4 amide bonds. The van der Waals surface area contributed by atoms with Gasteiger partial charge in [-0.15, -0.1) is 0 Å². The zero-order valence-electron chi connectivity index (χ0n) is 20.1. The van der Waals surface area contributed by atoms with Crippen LogP contribution in [-0.4, -0.2) is 76.5 Å². The standard InChI is InChI=1S/C21H38N6O8/c1-3-11(2)17(24)20(33)25-12(6-4-5-9-22)18(31)27-14(10-15(23)28)19(32)26-13(21(34)35)7-8-16(29)30/h11-14,17H,3-10,22,24H2,1-2H3,(H2,23,28)(H,25,33)(H,26,32)(H,27,31)(H,29,30)(H,34,35). The molecule has 11 N–H and O–H groups in total. The highest BCUT2D eigenvalue weighted by Crippen LogP contribution is 2.08. The van der Waals surface area contributed by atoms with E-state index in [0.29, 0.717) is 25.8 Å². The summed E-state index contributed by atoms with van der Waals surface area (Å²) in [6, 6.07) is -5.10. The summed E-state index contributed by atoms with van der Waals surface area (Å²) in [7, 11) is 0. The Kier molecular flexibility index (Phi) is 14.9. The molecule has 0 fully saturated rings. The van der Waals surface area contributed by atoms with Crippen LogP contribution in [0.5, 0.6) is 0 Å². The van der Waals surface area contributed by atoms with Crippen LogP contribution in [0.3, 0.4) is 0 Å². The third-order valence-corrected chi connectivity index (χ3v) is 5.44. The Morgan fingerprint density at radius 2 is 1.37 bits per heavy atom. The van der Waals surface area contributed by atoms with Crippen molar-refractivity contribution in [3.63, 3.8) is 0 Å². The largest absolute Gasteiger partial charge is 0.481 e. The first-order chi connectivity index (χ1) is 16.3. The summed E-state index contributed by atoms with van der Waals surface area (Å²) in [6.07, 6.45) is 0.227. The van der Waals surface area contributed by atoms with Crippen molar-refractivity contribution in [3.05, 3.63) is 0 Å². The van der Waals surface area contributed by atoms with Crippen molar-refractivity contribution in [1.29, 1.82) is 0 Å². The van der Waals surface area contributed by atoms with E-state index in [1.165, 1.54) is 0 Å². The maximum Gasteiger partial charge on any atom is 0.326 e. The number of aliphatic carboxylic acids is 2. The first-order valence-corrected chi connectivity index (χ1v) is 11.4. The third kappa shape index (κ3) is 12.7. The van der Waals surface area contributed by atoms with Gasteiger partial charge >= 0.3 is 11.9 Å². The number of carboxylic acids is 2. The molecule has 0 aliphatic rings. The van der Waals surface area contributed by atoms with Crippen molar-refractivity contribution >= 4 is 35.6 Å². The Bertz CT molecular complexity index is 762. The lowest BCUT2D eigenvalue weighted by molar-refractivity contribution is -0.143.